The average molecular weight is 336 g/mol. The number of carbonyl (C=O) groups is 1. The quantitative estimate of drug-likeness (QED) is 0.572. The number of H-pyrrole nitrogens is 2. The Kier molecular flexibility index (Phi) is 3.89. The first-order chi connectivity index (χ1) is 12.1. The van der Waals surface area contributed by atoms with Gasteiger partial charge >= 0.3 is 5.69 Å². The van der Waals surface area contributed by atoms with Crippen molar-refractivity contribution in [1.29, 1.82) is 0 Å². The Morgan fingerprint density at radius 3 is 2.56 bits per heavy atom. The summed E-state index contributed by atoms with van der Waals surface area (Å²) in [7, 11) is 0. The van der Waals surface area contributed by atoms with Crippen LogP contribution in [0, 0.1) is 0 Å². The van der Waals surface area contributed by atoms with Gasteiger partial charge in [-0.15, -0.1) is 0 Å². The first kappa shape index (κ1) is 15.7. The third-order valence-electron chi connectivity index (χ3n) is 4.82. The van der Waals surface area contributed by atoms with Crippen molar-refractivity contribution in [3.05, 3.63) is 70.1 Å². The van der Waals surface area contributed by atoms with Crippen LogP contribution in [0.5, 0.6) is 0 Å². The monoisotopic (exact) mass is 336 g/mol. The van der Waals surface area contributed by atoms with Gasteiger partial charge in [-0.25, -0.2) is 4.79 Å². The molecule has 3 aromatic rings. The molecule has 0 bridgehead atoms. The van der Waals surface area contributed by atoms with Crippen molar-refractivity contribution in [1.82, 2.24) is 20.6 Å². The van der Waals surface area contributed by atoms with E-state index in [0.717, 1.165) is 28.6 Å². The van der Waals surface area contributed by atoms with E-state index < -0.39 is 0 Å². The Labute approximate surface area is 144 Å². The van der Waals surface area contributed by atoms with E-state index in [9.17, 15) is 9.59 Å². The van der Waals surface area contributed by atoms with Crippen LogP contribution in [0.2, 0.25) is 0 Å². The standard InChI is InChI=1S/C19H20N4O2/c24-17-8-9-19(23-17,14-4-2-1-3-5-14)12-20-11-13-6-7-15-16(10-13)22-18(25)21-15/h1-7,10,20H,8-9,11-12H2,(H,23,24)(H2,21,22,25). The second-order valence-corrected chi connectivity index (χ2v) is 6.56. The number of carbonyl (C=O) groups excluding carboxylic acids is 1. The van der Waals surface area contributed by atoms with Crippen molar-refractivity contribution in [2.24, 2.45) is 0 Å². The Morgan fingerprint density at radius 2 is 1.80 bits per heavy atom. The van der Waals surface area contributed by atoms with Gasteiger partial charge in [0.1, 0.15) is 0 Å². The van der Waals surface area contributed by atoms with E-state index in [1.807, 2.05) is 36.4 Å². The van der Waals surface area contributed by atoms with Crippen molar-refractivity contribution < 1.29 is 4.79 Å². The van der Waals surface area contributed by atoms with Crippen LogP contribution in [0.15, 0.2) is 53.3 Å². The van der Waals surface area contributed by atoms with Crippen molar-refractivity contribution in [3.8, 4) is 0 Å². The molecule has 1 amide bonds. The Hall–Kier alpha value is -2.86. The fourth-order valence-electron chi connectivity index (χ4n) is 3.54. The van der Waals surface area contributed by atoms with Crippen LogP contribution in [0.3, 0.4) is 0 Å². The molecule has 1 aliphatic heterocycles. The smallest absolute Gasteiger partial charge is 0.323 e. The van der Waals surface area contributed by atoms with Crippen LogP contribution in [-0.4, -0.2) is 22.4 Å². The molecule has 1 aliphatic rings. The van der Waals surface area contributed by atoms with E-state index in [1.165, 1.54) is 0 Å². The molecule has 25 heavy (non-hydrogen) atoms. The van der Waals surface area contributed by atoms with Crippen LogP contribution in [0.4, 0.5) is 0 Å². The molecule has 4 rings (SSSR count). The molecule has 1 atom stereocenters. The van der Waals surface area contributed by atoms with Crippen molar-refractivity contribution in [3.63, 3.8) is 0 Å². The maximum atomic E-state index is 11.8. The maximum Gasteiger partial charge on any atom is 0.323 e. The lowest BCUT2D eigenvalue weighted by atomic mass is 9.88. The number of aromatic nitrogens is 2. The van der Waals surface area contributed by atoms with Gasteiger partial charge in [-0.2, -0.15) is 0 Å². The topological polar surface area (TPSA) is 89.8 Å². The highest BCUT2D eigenvalue weighted by molar-refractivity contribution is 5.80. The van der Waals surface area contributed by atoms with E-state index in [0.29, 0.717) is 19.5 Å². The Balaban J connectivity index is 1.49. The third kappa shape index (κ3) is 3.08. The normalized spacial score (nSPS) is 20.1. The molecule has 6 nitrogen and oxygen atoms in total. The predicted octanol–water partition coefficient (Wildman–Crippen LogP) is 1.75. The number of amides is 1. The van der Waals surface area contributed by atoms with Crippen molar-refractivity contribution in [2.45, 2.75) is 24.9 Å². The molecule has 1 unspecified atom stereocenters. The molecular weight excluding hydrogens is 316 g/mol. The number of hydrogen-bond donors (Lipinski definition) is 4. The van der Waals surface area contributed by atoms with Crippen molar-refractivity contribution in [2.75, 3.05) is 6.54 Å². The number of nitrogens with one attached hydrogen (secondary N) is 4. The summed E-state index contributed by atoms with van der Waals surface area (Å²) in [6.07, 6.45) is 1.33. The molecule has 1 saturated heterocycles. The second-order valence-electron chi connectivity index (χ2n) is 6.56. The summed E-state index contributed by atoms with van der Waals surface area (Å²) in [5.41, 5.74) is 3.25. The van der Waals surface area contributed by atoms with Crippen LogP contribution >= 0.6 is 0 Å². The molecular formula is C19H20N4O2. The molecule has 2 aromatic carbocycles. The molecule has 0 radical (unpaired) electrons. The lowest BCUT2D eigenvalue weighted by Gasteiger charge is -2.30. The van der Waals surface area contributed by atoms with Gasteiger partial charge in [-0.3, -0.25) is 4.79 Å². The summed E-state index contributed by atoms with van der Waals surface area (Å²) < 4.78 is 0. The summed E-state index contributed by atoms with van der Waals surface area (Å²) in [5, 5.41) is 6.61. The van der Waals surface area contributed by atoms with Crippen LogP contribution in [0.1, 0.15) is 24.0 Å². The number of rotatable bonds is 5. The van der Waals surface area contributed by atoms with Gasteiger partial charge in [0.05, 0.1) is 16.6 Å². The number of imidazole rings is 1. The number of hydrogen-bond acceptors (Lipinski definition) is 3. The maximum absolute atomic E-state index is 11.8. The largest absolute Gasteiger partial charge is 0.345 e. The van der Waals surface area contributed by atoms with E-state index >= 15 is 0 Å². The van der Waals surface area contributed by atoms with Gasteiger partial charge in [-0.1, -0.05) is 36.4 Å². The minimum atomic E-state index is -0.356. The van der Waals surface area contributed by atoms with E-state index in [-0.39, 0.29) is 17.1 Å². The summed E-state index contributed by atoms with van der Waals surface area (Å²) in [6, 6.07) is 15.9. The molecule has 4 N–H and O–H groups in total. The van der Waals surface area contributed by atoms with E-state index in [1.54, 1.807) is 0 Å². The fraction of sp³-hybridized carbons (Fsp3) is 0.263. The number of fused-ring (bicyclic) bond motifs is 1. The average Bonchev–Trinajstić information content (AvgIpc) is 3.18. The summed E-state index contributed by atoms with van der Waals surface area (Å²) in [4.78, 5) is 28.7. The zero-order valence-electron chi connectivity index (χ0n) is 13.8. The van der Waals surface area contributed by atoms with Gasteiger partial charge in [0.2, 0.25) is 5.91 Å². The van der Waals surface area contributed by atoms with Crippen LogP contribution in [0.25, 0.3) is 11.0 Å². The number of benzene rings is 2. The zero-order valence-corrected chi connectivity index (χ0v) is 13.8. The molecule has 1 aromatic heterocycles. The molecule has 0 spiro atoms. The SMILES string of the molecule is O=C1CCC(CNCc2ccc3[nH]c(=O)[nH]c3c2)(c2ccccc2)N1. The van der Waals surface area contributed by atoms with Gasteiger partial charge in [0.25, 0.3) is 0 Å². The lowest BCUT2D eigenvalue weighted by molar-refractivity contribution is -0.119. The highest BCUT2D eigenvalue weighted by atomic mass is 16.2. The lowest BCUT2D eigenvalue weighted by Crippen LogP contribution is -2.46. The molecule has 0 aliphatic carbocycles. The highest BCUT2D eigenvalue weighted by Gasteiger charge is 2.38. The fourth-order valence-corrected chi connectivity index (χ4v) is 3.54. The first-order valence-electron chi connectivity index (χ1n) is 8.43. The predicted molar refractivity (Wildman–Crippen MR) is 96.1 cm³/mol. The van der Waals surface area contributed by atoms with Gasteiger partial charge in [-0.05, 0) is 29.7 Å². The van der Waals surface area contributed by atoms with Crippen LogP contribution in [-0.2, 0) is 16.9 Å². The summed E-state index contributed by atoms with van der Waals surface area (Å²) in [5.74, 6) is 0.0944. The Morgan fingerprint density at radius 1 is 1.00 bits per heavy atom. The van der Waals surface area contributed by atoms with E-state index in [4.69, 9.17) is 0 Å². The summed E-state index contributed by atoms with van der Waals surface area (Å²) >= 11 is 0. The minimum Gasteiger partial charge on any atom is -0.345 e. The molecule has 0 saturated carbocycles. The van der Waals surface area contributed by atoms with Gasteiger partial charge in [0.15, 0.2) is 0 Å². The third-order valence-corrected chi connectivity index (χ3v) is 4.82. The molecule has 1 fully saturated rings. The molecule has 6 heteroatoms. The van der Waals surface area contributed by atoms with Crippen LogP contribution < -0.4 is 16.3 Å². The van der Waals surface area contributed by atoms with Crippen molar-refractivity contribution >= 4 is 16.9 Å². The van der Waals surface area contributed by atoms with E-state index in [2.05, 4.69) is 32.7 Å². The van der Waals surface area contributed by atoms with Gasteiger partial charge in [0, 0.05) is 19.5 Å². The molecule has 2 heterocycles. The number of aromatic amines is 2. The molecule has 128 valence electrons. The van der Waals surface area contributed by atoms with Gasteiger partial charge < -0.3 is 20.6 Å². The first-order valence-corrected chi connectivity index (χ1v) is 8.43. The second kappa shape index (κ2) is 6.22. The minimum absolute atomic E-state index is 0.0944. The summed E-state index contributed by atoms with van der Waals surface area (Å²) in [6.45, 7) is 1.32. The Bertz CT molecular complexity index is 960. The highest BCUT2D eigenvalue weighted by Crippen LogP contribution is 2.30. The zero-order chi connectivity index (χ0) is 17.3.